The van der Waals surface area contributed by atoms with Crippen LogP contribution in [0.5, 0.6) is 0 Å². The lowest BCUT2D eigenvalue weighted by molar-refractivity contribution is 0.315. The van der Waals surface area contributed by atoms with Crippen LogP contribution >= 0.6 is 0 Å². The van der Waals surface area contributed by atoms with Crippen LogP contribution in [0.25, 0.3) is 11.1 Å². The van der Waals surface area contributed by atoms with Gasteiger partial charge in [-0.25, -0.2) is 9.07 Å². The van der Waals surface area contributed by atoms with Gasteiger partial charge in [0.2, 0.25) is 0 Å². The highest BCUT2D eigenvalue weighted by Gasteiger charge is 2.31. The Hall–Kier alpha value is -2.70. The van der Waals surface area contributed by atoms with E-state index in [1.807, 2.05) is 4.90 Å². The number of aromatic nitrogens is 3. The monoisotopic (exact) mass is 356 g/mol. The smallest absolute Gasteiger partial charge is 0.298 e. The molecule has 26 heavy (non-hydrogen) atoms. The van der Waals surface area contributed by atoms with Crippen molar-refractivity contribution >= 4 is 17.1 Å². The zero-order valence-electron chi connectivity index (χ0n) is 15.1. The van der Waals surface area contributed by atoms with Gasteiger partial charge in [-0.05, 0) is 18.2 Å². The molecule has 3 heterocycles. The molecule has 0 radical (unpaired) electrons. The highest BCUT2D eigenvalue weighted by molar-refractivity contribution is 5.74. The van der Waals surface area contributed by atoms with Crippen LogP contribution in [0.15, 0.2) is 39.5 Å². The quantitative estimate of drug-likeness (QED) is 0.722. The molecule has 1 saturated heterocycles. The van der Waals surface area contributed by atoms with E-state index >= 15 is 0 Å². The van der Waals surface area contributed by atoms with Crippen LogP contribution in [-0.2, 0) is 12.0 Å². The number of halogens is 1. The van der Waals surface area contributed by atoms with Crippen molar-refractivity contribution in [2.24, 2.45) is 5.92 Å². The summed E-state index contributed by atoms with van der Waals surface area (Å²) in [5.74, 6) is -0.0369. The summed E-state index contributed by atoms with van der Waals surface area (Å²) in [6.45, 7) is 8.24. The maximum atomic E-state index is 13.3. The molecule has 2 aromatic heterocycles. The lowest BCUT2D eigenvalue weighted by Crippen LogP contribution is -2.50. The summed E-state index contributed by atoms with van der Waals surface area (Å²) in [6.07, 6.45) is 0. The standard InChI is InChI=1S/C19H21FN4O2/c1-19(2,3)16-6-7-17(25)24(22-16)11-12-9-23(10-12)18-21-14-8-13(20)4-5-15(14)26-18/h4-8,12H,9-11H2,1-3H3. The molecule has 0 amide bonds. The first-order valence-electron chi connectivity index (χ1n) is 8.69. The van der Waals surface area contributed by atoms with Crippen molar-refractivity contribution in [2.45, 2.75) is 32.7 Å². The van der Waals surface area contributed by atoms with Crippen molar-refractivity contribution in [3.8, 4) is 0 Å². The molecule has 1 aliphatic rings. The molecule has 7 heteroatoms. The van der Waals surface area contributed by atoms with Gasteiger partial charge in [-0.2, -0.15) is 10.1 Å². The normalized spacial score (nSPS) is 15.5. The Morgan fingerprint density at radius 2 is 2.00 bits per heavy atom. The molecule has 6 nitrogen and oxygen atoms in total. The van der Waals surface area contributed by atoms with E-state index in [1.54, 1.807) is 22.9 Å². The second-order valence-electron chi connectivity index (χ2n) is 7.87. The van der Waals surface area contributed by atoms with Crippen molar-refractivity contribution in [2.75, 3.05) is 18.0 Å². The highest BCUT2D eigenvalue weighted by atomic mass is 19.1. The minimum absolute atomic E-state index is 0.0891. The third-order valence-electron chi connectivity index (χ3n) is 4.63. The van der Waals surface area contributed by atoms with Crippen LogP contribution in [0, 0.1) is 11.7 Å². The van der Waals surface area contributed by atoms with Crippen LogP contribution < -0.4 is 10.5 Å². The Morgan fingerprint density at radius 1 is 1.23 bits per heavy atom. The van der Waals surface area contributed by atoms with E-state index in [9.17, 15) is 9.18 Å². The van der Waals surface area contributed by atoms with E-state index in [1.165, 1.54) is 12.1 Å². The summed E-state index contributed by atoms with van der Waals surface area (Å²) in [5.41, 5.74) is 1.79. The largest absolute Gasteiger partial charge is 0.423 e. The maximum Gasteiger partial charge on any atom is 0.298 e. The average molecular weight is 356 g/mol. The molecular weight excluding hydrogens is 335 g/mol. The number of hydrogen-bond acceptors (Lipinski definition) is 5. The number of fused-ring (bicyclic) bond motifs is 1. The van der Waals surface area contributed by atoms with Gasteiger partial charge in [-0.3, -0.25) is 4.79 Å². The first-order chi connectivity index (χ1) is 12.3. The van der Waals surface area contributed by atoms with Crippen molar-refractivity contribution in [1.82, 2.24) is 14.8 Å². The van der Waals surface area contributed by atoms with E-state index in [2.05, 4.69) is 30.9 Å². The Labute approximate surface area is 150 Å². The van der Waals surface area contributed by atoms with Crippen molar-refractivity contribution in [1.29, 1.82) is 0 Å². The third kappa shape index (κ3) is 3.09. The van der Waals surface area contributed by atoms with E-state index in [-0.39, 0.29) is 16.8 Å². The molecule has 0 bridgehead atoms. The van der Waals surface area contributed by atoms with Gasteiger partial charge in [-0.15, -0.1) is 0 Å². The minimum Gasteiger partial charge on any atom is -0.423 e. The predicted octanol–water partition coefficient (Wildman–Crippen LogP) is 2.96. The average Bonchev–Trinajstić information content (AvgIpc) is 2.93. The maximum absolute atomic E-state index is 13.3. The lowest BCUT2D eigenvalue weighted by atomic mass is 9.92. The van der Waals surface area contributed by atoms with Gasteiger partial charge in [0, 0.05) is 36.6 Å². The molecule has 0 N–H and O–H groups in total. The second-order valence-corrected chi connectivity index (χ2v) is 7.87. The topological polar surface area (TPSA) is 64.2 Å². The summed E-state index contributed by atoms with van der Waals surface area (Å²) < 4.78 is 20.5. The van der Waals surface area contributed by atoms with Crippen LogP contribution in [0.3, 0.4) is 0 Å². The van der Waals surface area contributed by atoms with E-state index in [0.29, 0.717) is 29.6 Å². The first-order valence-corrected chi connectivity index (χ1v) is 8.69. The van der Waals surface area contributed by atoms with Gasteiger partial charge >= 0.3 is 0 Å². The number of rotatable bonds is 3. The van der Waals surface area contributed by atoms with Gasteiger partial charge in [0.05, 0.1) is 12.2 Å². The molecule has 1 aliphatic heterocycles. The molecule has 3 aromatic rings. The van der Waals surface area contributed by atoms with Crippen molar-refractivity contribution in [3.05, 3.63) is 52.2 Å². The molecule has 0 aliphatic carbocycles. The Bertz CT molecular complexity index is 1010. The zero-order chi connectivity index (χ0) is 18.5. The van der Waals surface area contributed by atoms with Crippen LogP contribution in [-0.4, -0.2) is 27.9 Å². The molecule has 1 fully saturated rings. The van der Waals surface area contributed by atoms with E-state index in [4.69, 9.17) is 4.42 Å². The third-order valence-corrected chi connectivity index (χ3v) is 4.63. The van der Waals surface area contributed by atoms with Crippen molar-refractivity contribution in [3.63, 3.8) is 0 Å². The predicted molar refractivity (Wildman–Crippen MR) is 96.9 cm³/mol. The second kappa shape index (κ2) is 5.93. The first kappa shape index (κ1) is 16.8. The molecule has 0 spiro atoms. The molecule has 4 rings (SSSR count). The summed E-state index contributed by atoms with van der Waals surface area (Å²) in [7, 11) is 0. The molecule has 1 aromatic carbocycles. The number of benzene rings is 1. The molecule has 136 valence electrons. The van der Waals surface area contributed by atoms with Gasteiger partial charge < -0.3 is 9.32 Å². The fraction of sp³-hybridized carbons (Fsp3) is 0.421. The molecule has 0 saturated carbocycles. The number of oxazole rings is 1. The Kier molecular flexibility index (Phi) is 3.82. The van der Waals surface area contributed by atoms with Gasteiger partial charge in [0.25, 0.3) is 11.6 Å². The van der Waals surface area contributed by atoms with Gasteiger partial charge in [0.1, 0.15) is 11.3 Å². The van der Waals surface area contributed by atoms with Gasteiger partial charge in [0.15, 0.2) is 5.58 Å². The van der Waals surface area contributed by atoms with E-state index < -0.39 is 0 Å². The zero-order valence-corrected chi connectivity index (χ0v) is 15.1. The van der Waals surface area contributed by atoms with Gasteiger partial charge in [-0.1, -0.05) is 20.8 Å². The molecular formula is C19H21FN4O2. The summed E-state index contributed by atoms with van der Waals surface area (Å²) in [4.78, 5) is 18.4. The Balaban J connectivity index is 1.46. The van der Waals surface area contributed by atoms with Crippen molar-refractivity contribution < 1.29 is 8.81 Å². The van der Waals surface area contributed by atoms with Crippen LogP contribution in [0.1, 0.15) is 26.5 Å². The number of hydrogen-bond donors (Lipinski definition) is 0. The fourth-order valence-corrected chi connectivity index (χ4v) is 3.09. The number of nitrogens with zero attached hydrogens (tertiary/aromatic N) is 4. The summed E-state index contributed by atoms with van der Waals surface area (Å²) in [5, 5.41) is 4.51. The fourth-order valence-electron chi connectivity index (χ4n) is 3.09. The lowest BCUT2D eigenvalue weighted by Gasteiger charge is -2.38. The molecule has 0 atom stereocenters. The minimum atomic E-state index is -0.331. The Morgan fingerprint density at radius 3 is 2.73 bits per heavy atom. The summed E-state index contributed by atoms with van der Waals surface area (Å²) >= 11 is 0. The summed E-state index contributed by atoms with van der Waals surface area (Å²) in [6, 6.07) is 8.17. The van der Waals surface area contributed by atoms with E-state index in [0.717, 1.165) is 18.8 Å². The van der Waals surface area contributed by atoms with Crippen LogP contribution in [0.4, 0.5) is 10.4 Å². The number of anilines is 1. The highest BCUT2D eigenvalue weighted by Crippen LogP contribution is 2.28. The van der Waals surface area contributed by atoms with Crippen LogP contribution in [0.2, 0.25) is 0 Å². The SMILES string of the molecule is CC(C)(C)c1ccc(=O)n(CC2CN(c3nc4cc(F)ccc4o3)C2)n1. The molecule has 0 unspecified atom stereocenters.